The van der Waals surface area contributed by atoms with Crippen LogP contribution in [0.25, 0.3) is 0 Å². The molecule has 7 nitrogen and oxygen atoms in total. The van der Waals surface area contributed by atoms with Gasteiger partial charge in [0.05, 0.1) is 0 Å². The van der Waals surface area contributed by atoms with Crippen molar-refractivity contribution in [1.82, 2.24) is 19.8 Å². The summed E-state index contributed by atoms with van der Waals surface area (Å²) in [6, 6.07) is 9.40. The van der Waals surface area contributed by atoms with Crippen molar-refractivity contribution in [2.75, 3.05) is 25.0 Å². The van der Waals surface area contributed by atoms with Crippen molar-refractivity contribution in [3.8, 4) is 0 Å². The fraction of sp³-hybridized carbons (Fsp3) is 0.421. The minimum atomic E-state index is -0.0684. The first-order valence-electron chi connectivity index (χ1n) is 8.98. The first kappa shape index (κ1) is 18.0. The number of piperidine rings is 1. The van der Waals surface area contributed by atoms with Gasteiger partial charge in [-0.3, -0.25) is 4.79 Å². The number of imidazole rings is 1. The van der Waals surface area contributed by atoms with Crippen LogP contribution in [0.15, 0.2) is 42.7 Å². The van der Waals surface area contributed by atoms with E-state index in [1.165, 1.54) is 0 Å². The summed E-state index contributed by atoms with van der Waals surface area (Å²) in [6.45, 7) is 1.75. The largest absolute Gasteiger partial charge is 0.338 e. The van der Waals surface area contributed by atoms with E-state index in [-0.39, 0.29) is 17.9 Å². The quantitative estimate of drug-likeness (QED) is 0.861. The normalized spacial score (nSPS) is 14.9. The number of hydrogen-bond donors (Lipinski definition) is 2. The van der Waals surface area contributed by atoms with Gasteiger partial charge >= 0.3 is 6.03 Å². The maximum atomic E-state index is 12.3. The Morgan fingerprint density at radius 3 is 2.58 bits per heavy atom. The number of urea groups is 1. The van der Waals surface area contributed by atoms with Crippen molar-refractivity contribution in [1.29, 1.82) is 0 Å². The van der Waals surface area contributed by atoms with E-state index in [0.717, 1.165) is 11.5 Å². The van der Waals surface area contributed by atoms with Gasteiger partial charge in [-0.25, -0.2) is 9.78 Å². The SMILES string of the molecule is Cn1ccnc1CCNC(=O)N1CCC(C(=O)Nc2ccccc2)CC1. The number of carbonyl (C=O) groups is 2. The van der Waals surface area contributed by atoms with Gasteiger partial charge in [-0.05, 0) is 25.0 Å². The second-order valence-electron chi connectivity index (χ2n) is 6.55. The van der Waals surface area contributed by atoms with E-state index in [0.29, 0.717) is 38.9 Å². The Kier molecular flexibility index (Phi) is 5.88. The molecule has 7 heteroatoms. The van der Waals surface area contributed by atoms with Crippen molar-refractivity contribution in [3.63, 3.8) is 0 Å². The van der Waals surface area contributed by atoms with Crippen LogP contribution in [0.4, 0.5) is 10.5 Å². The maximum absolute atomic E-state index is 12.3. The zero-order valence-corrected chi connectivity index (χ0v) is 15.0. The van der Waals surface area contributed by atoms with Crippen LogP contribution in [0.3, 0.4) is 0 Å². The predicted molar refractivity (Wildman–Crippen MR) is 99.7 cm³/mol. The summed E-state index contributed by atoms with van der Waals surface area (Å²) in [4.78, 5) is 30.6. The summed E-state index contributed by atoms with van der Waals surface area (Å²) >= 11 is 0. The summed E-state index contributed by atoms with van der Waals surface area (Å²) < 4.78 is 1.95. The molecule has 2 N–H and O–H groups in total. The second-order valence-corrected chi connectivity index (χ2v) is 6.55. The third-order valence-electron chi connectivity index (χ3n) is 4.74. The maximum Gasteiger partial charge on any atom is 0.317 e. The van der Waals surface area contributed by atoms with Crippen molar-refractivity contribution in [2.45, 2.75) is 19.3 Å². The monoisotopic (exact) mass is 355 g/mol. The molecule has 1 fully saturated rings. The minimum Gasteiger partial charge on any atom is -0.338 e. The molecule has 0 bridgehead atoms. The van der Waals surface area contributed by atoms with E-state index in [9.17, 15) is 9.59 Å². The molecule has 0 saturated carbocycles. The van der Waals surface area contributed by atoms with Gasteiger partial charge in [-0.15, -0.1) is 0 Å². The molecule has 1 aromatic heterocycles. The van der Waals surface area contributed by atoms with Gasteiger partial charge in [0.25, 0.3) is 0 Å². The average Bonchev–Trinajstić information content (AvgIpc) is 3.07. The first-order chi connectivity index (χ1) is 12.6. The van der Waals surface area contributed by atoms with Crippen molar-refractivity contribution in [3.05, 3.63) is 48.5 Å². The lowest BCUT2D eigenvalue weighted by atomic mass is 9.96. The number of nitrogens with one attached hydrogen (secondary N) is 2. The molecular formula is C19H25N5O2. The molecule has 138 valence electrons. The number of amides is 3. The number of benzene rings is 1. The number of nitrogens with zero attached hydrogens (tertiary/aromatic N) is 3. The number of anilines is 1. The summed E-state index contributed by atoms with van der Waals surface area (Å²) in [5.74, 6) is 0.930. The van der Waals surface area contributed by atoms with E-state index in [2.05, 4.69) is 15.6 Å². The molecule has 0 spiro atoms. The summed E-state index contributed by atoms with van der Waals surface area (Å²) in [6.07, 6.45) is 5.72. The lowest BCUT2D eigenvalue weighted by Crippen LogP contribution is -2.46. The number of para-hydroxylation sites is 1. The first-order valence-corrected chi connectivity index (χ1v) is 8.98. The molecule has 1 saturated heterocycles. The Morgan fingerprint density at radius 1 is 1.19 bits per heavy atom. The summed E-state index contributed by atoms with van der Waals surface area (Å²) in [5.41, 5.74) is 0.812. The highest BCUT2D eigenvalue weighted by atomic mass is 16.2. The molecule has 1 aliphatic rings. The summed E-state index contributed by atoms with van der Waals surface area (Å²) in [7, 11) is 1.94. The zero-order valence-electron chi connectivity index (χ0n) is 15.0. The highest BCUT2D eigenvalue weighted by Gasteiger charge is 2.27. The van der Waals surface area contributed by atoms with Gasteiger partial charge in [-0.2, -0.15) is 0 Å². The Labute approximate surface area is 153 Å². The number of rotatable bonds is 5. The van der Waals surface area contributed by atoms with Crippen LogP contribution >= 0.6 is 0 Å². The molecule has 2 heterocycles. The molecule has 0 aliphatic carbocycles. The Morgan fingerprint density at radius 2 is 1.92 bits per heavy atom. The van der Waals surface area contributed by atoms with E-state index < -0.39 is 0 Å². The predicted octanol–water partition coefficient (Wildman–Crippen LogP) is 2.02. The van der Waals surface area contributed by atoms with Crippen LogP contribution in [0.5, 0.6) is 0 Å². The van der Waals surface area contributed by atoms with E-state index in [4.69, 9.17) is 0 Å². The highest BCUT2D eigenvalue weighted by Crippen LogP contribution is 2.19. The van der Waals surface area contributed by atoms with Gasteiger partial charge in [0.2, 0.25) is 5.91 Å². The topological polar surface area (TPSA) is 79.3 Å². The van der Waals surface area contributed by atoms with E-state index >= 15 is 0 Å². The average molecular weight is 355 g/mol. The fourth-order valence-corrected chi connectivity index (χ4v) is 3.14. The molecule has 1 aliphatic heterocycles. The van der Waals surface area contributed by atoms with Crippen molar-refractivity contribution in [2.24, 2.45) is 13.0 Å². The Balaban J connectivity index is 1.39. The Hall–Kier alpha value is -2.83. The second kappa shape index (κ2) is 8.51. The minimum absolute atomic E-state index is 0.0334. The number of aromatic nitrogens is 2. The summed E-state index contributed by atoms with van der Waals surface area (Å²) in [5, 5.41) is 5.88. The number of carbonyl (C=O) groups excluding carboxylic acids is 2. The van der Waals surface area contributed by atoms with Crippen LogP contribution in [-0.2, 0) is 18.3 Å². The third kappa shape index (κ3) is 4.62. The lowest BCUT2D eigenvalue weighted by Gasteiger charge is -2.31. The lowest BCUT2D eigenvalue weighted by molar-refractivity contribution is -0.121. The molecule has 0 radical (unpaired) electrons. The molecule has 3 amide bonds. The number of aryl methyl sites for hydroxylation is 1. The highest BCUT2D eigenvalue weighted by molar-refractivity contribution is 5.92. The third-order valence-corrected chi connectivity index (χ3v) is 4.74. The molecule has 26 heavy (non-hydrogen) atoms. The Bertz CT molecular complexity index is 735. The fourth-order valence-electron chi connectivity index (χ4n) is 3.14. The number of hydrogen-bond acceptors (Lipinski definition) is 3. The van der Waals surface area contributed by atoms with Crippen molar-refractivity contribution < 1.29 is 9.59 Å². The van der Waals surface area contributed by atoms with E-state index in [1.54, 1.807) is 11.1 Å². The molecule has 0 atom stereocenters. The number of likely N-dealkylation sites (tertiary alicyclic amines) is 1. The van der Waals surface area contributed by atoms with Crippen molar-refractivity contribution >= 4 is 17.6 Å². The van der Waals surface area contributed by atoms with Crippen LogP contribution in [0, 0.1) is 5.92 Å². The van der Waals surface area contributed by atoms with Crippen LogP contribution in [0.2, 0.25) is 0 Å². The van der Waals surface area contributed by atoms with Gasteiger partial charge < -0.3 is 20.1 Å². The molecule has 3 rings (SSSR count). The molecular weight excluding hydrogens is 330 g/mol. The van der Waals surface area contributed by atoms with Gasteiger partial charge in [-0.1, -0.05) is 18.2 Å². The van der Waals surface area contributed by atoms with E-state index in [1.807, 2.05) is 48.1 Å². The zero-order chi connectivity index (χ0) is 18.4. The standard InChI is InChI=1S/C19H25N5O2/c1-23-14-11-20-17(23)7-10-21-19(26)24-12-8-15(9-13-24)18(25)22-16-5-3-2-4-6-16/h2-6,11,14-15H,7-10,12-13H2,1H3,(H,21,26)(H,22,25). The van der Waals surface area contributed by atoms with Gasteiger partial charge in [0.1, 0.15) is 5.82 Å². The van der Waals surface area contributed by atoms with Gasteiger partial charge in [0, 0.05) is 57.1 Å². The van der Waals surface area contributed by atoms with Crippen LogP contribution in [0.1, 0.15) is 18.7 Å². The molecule has 0 unspecified atom stereocenters. The smallest absolute Gasteiger partial charge is 0.317 e. The molecule has 1 aromatic carbocycles. The molecule has 2 aromatic rings. The van der Waals surface area contributed by atoms with Crippen LogP contribution in [-0.4, -0.2) is 46.0 Å². The van der Waals surface area contributed by atoms with Gasteiger partial charge in [0.15, 0.2) is 0 Å². The van der Waals surface area contributed by atoms with Crippen LogP contribution < -0.4 is 10.6 Å².